The van der Waals surface area contributed by atoms with Crippen LogP contribution in [0.25, 0.3) is 27.1 Å². The minimum Gasteiger partial charge on any atom is -0.465 e. The molecule has 9 heteroatoms. The van der Waals surface area contributed by atoms with Crippen molar-refractivity contribution < 1.29 is 14.3 Å². The molecule has 0 unspecified atom stereocenters. The van der Waals surface area contributed by atoms with E-state index in [2.05, 4.69) is 22.0 Å². The zero-order chi connectivity index (χ0) is 21.9. The summed E-state index contributed by atoms with van der Waals surface area (Å²) in [5.74, 6) is -0.372. The van der Waals surface area contributed by atoms with Crippen LogP contribution >= 0.6 is 11.3 Å². The number of aryl methyl sites for hydroxylation is 2. The van der Waals surface area contributed by atoms with Gasteiger partial charge >= 0.3 is 6.09 Å². The number of hydrogen-bond donors (Lipinski definition) is 1. The van der Waals surface area contributed by atoms with Gasteiger partial charge in [0.25, 0.3) is 0 Å². The van der Waals surface area contributed by atoms with Crippen LogP contribution < -0.4 is 0 Å². The summed E-state index contributed by atoms with van der Waals surface area (Å²) in [7, 11) is 0. The van der Waals surface area contributed by atoms with E-state index in [1.807, 2.05) is 32.2 Å². The Morgan fingerprint density at radius 3 is 2.65 bits per heavy atom. The van der Waals surface area contributed by atoms with Gasteiger partial charge in [-0.3, -0.25) is 0 Å². The van der Waals surface area contributed by atoms with Crippen LogP contribution in [0.2, 0.25) is 0 Å². The second-order valence-electron chi connectivity index (χ2n) is 8.52. The Morgan fingerprint density at radius 1 is 1.19 bits per heavy atom. The van der Waals surface area contributed by atoms with E-state index in [0.29, 0.717) is 42.7 Å². The van der Waals surface area contributed by atoms with Crippen LogP contribution in [0.15, 0.2) is 24.4 Å². The number of nitrogens with zero attached hydrogens (tertiary/aromatic N) is 5. The second-order valence-corrected chi connectivity index (χ2v) is 9.55. The van der Waals surface area contributed by atoms with Crippen LogP contribution in [0.1, 0.15) is 36.0 Å². The maximum absolute atomic E-state index is 15.0. The van der Waals surface area contributed by atoms with Gasteiger partial charge in [0.15, 0.2) is 11.5 Å². The highest BCUT2D eigenvalue weighted by Gasteiger charge is 2.36. The third-order valence-corrected chi connectivity index (χ3v) is 7.44. The summed E-state index contributed by atoms with van der Waals surface area (Å²) in [6.45, 7) is 6.89. The summed E-state index contributed by atoms with van der Waals surface area (Å²) in [5, 5.41) is 14.7. The highest BCUT2D eigenvalue weighted by atomic mass is 32.1. The number of carbonyl (C=O) groups is 1. The Labute approximate surface area is 182 Å². The van der Waals surface area contributed by atoms with Gasteiger partial charge in [0, 0.05) is 24.1 Å². The molecule has 0 bridgehead atoms. The Hall–Kier alpha value is -3.07. The predicted octanol–water partition coefficient (Wildman–Crippen LogP) is 4.79. The van der Waals surface area contributed by atoms with Gasteiger partial charge < -0.3 is 10.0 Å². The number of benzene rings is 1. The van der Waals surface area contributed by atoms with E-state index in [-0.39, 0.29) is 11.2 Å². The number of carboxylic acid groups (broad SMARTS) is 1. The van der Waals surface area contributed by atoms with Gasteiger partial charge in [-0.15, -0.1) is 11.3 Å². The third kappa shape index (κ3) is 3.33. The van der Waals surface area contributed by atoms with Gasteiger partial charge in [0.2, 0.25) is 0 Å². The second kappa shape index (κ2) is 6.98. The Morgan fingerprint density at radius 2 is 1.94 bits per heavy atom. The van der Waals surface area contributed by atoms with Crippen molar-refractivity contribution in [1.82, 2.24) is 24.5 Å². The highest BCUT2D eigenvalue weighted by molar-refractivity contribution is 7.18. The van der Waals surface area contributed by atoms with E-state index in [4.69, 9.17) is 0 Å². The lowest BCUT2D eigenvalue weighted by atomic mass is 9.81. The van der Waals surface area contributed by atoms with Crippen molar-refractivity contribution in [2.24, 2.45) is 0 Å². The molecule has 5 rings (SSSR count). The summed E-state index contributed by atoms with van der Waals surface area (Å²) in [6, 6.07) is 5.35. The van der Waals surface area contributed by atoms with Gasteiger partial charge in [0.1, 0.15) is 5.52 Å². The largest absolute Gasteiger partial charge is 0.465 e. The topological polar surface area (TPSA) is 83.6 Å². The van der Waals surface area contributed by atoms with Gasteiger partial charge in [-0.2, -0.15) is 5.10 Å². The van der Waals surface area contributed by atoms with Crippen molar-refractivity contribution in [3.05, 3.63) is 46.5 Å². The summed E-state index contributed by atoms with van der Waals surface area (Å²) >= 11 is 1.48. The lowest BCUT2D eigenvalue weighted by Gasteiger charge is -2.36. The molecule has 1 fully saturated rings. The molecule has 1 amide bonds. The molecule has 4 heterocycles. The van der Waals surface area contributed by atoms with E-state index >= 15 is 4.39 Å². The zero-order valence-electron chi connectivity index (χ0n) is 17.5. The van der Waals surface area contributed by atoms with Crippen LogP contribution in [-0.2, 0) is 5.41 Å². The fourth-order valence-electron chi connectivity index (χ4n) is 4.19. The number of fused-ring (bicyclic) bond motifs is 2. The average molecular weight is 440 g/mol. The fourth-order valence-corrected chi connectivity index (χ4v) is 5.41. The first-order chi connectivity index (χ1) is 14.7. The Kier molecular flexibility index (Phi) is 4.47. The van der Waals surface area contributed by atoms with E-state index in [1.54, 1.807) is 4.52 Å². The summed E-state index contributed by atoms with van der Waals surface area (Å²) in [5.41, 5.74) is 4.13. The number of aromatic nitrogens is 4. The molecule has 4 aromatic rings. The minimum atomic E-state index is -0.894. The smallest absolute Gasteiger partial charge is 0.407 e. The van der Waals surface area contributed by atoms with Gasteiger partial charge in [-0.25, -0.2) is 23.7 Å². The summed E-state index contributed by atoms with van der Waals surface area (Å²) in [4.78, 5) is 21.7. The first kappa shape index (κ1) is 19.9. The maximum atomic E-state index is 15.0. The van der Waals surface area contributed by atoms with Crippen molar-refractivity contribution >= 4 is 33.3 Å². The number of rotatable bonds is 2. The normalized spacial score (nSPS) is 16.3. The molecule has 0 atom stereocenters. The molecular formula is C22H22FN5O2S. The van der Waals surface area contributed by atoms with Gasteiger partial charge in [0.05, 0.1) is 27.3 Å². The summed E-state index contributed by atoms with van der Waals surface area (Å²) in [6.07, 6.45) is 2.31. The van der Waals surface area contributed by atoms with Crippen LogP contribution in [0.4, 0.5) is 9.18 Å². The van der Waals surface area contributed by atoms with Crippen molar-refractivity contribution in [2.75, 3.05) is 13.1 Å². The molecule has 1 saturated heterocycles. The third-order valence-electron chi connectivity index (χ3n) is 6.13. The zero-order valence-corrected chi connectivity index (χ0v) is 18.3. The quantitative estimate of drug-likeness (QED) is 0.485. The molecule has 0 spiro atoms. The van der Waals surface area contributed by atoms with E-state index in [0.717, 1.165) is 26.6 Å². The highest BCUT2D eigenvalue weighted by Crippen LogP contribution is 2.40. The molecule has 0 aliphatic carbocycles. The lowest BCUT2D eigenvalue weighted by Crippen LogP contribution is -2.43. The van der Waals surface area contributed by atoms with E-state index in [9.17, 15) is 9.90 Å². The number of imidazole rings is 1. The molecule has 31 heavy (non-hydrogen) atoms. The van der Waals surface area contributed by atoms with Crippen molar-refractivity contribution in [2.45, 2.75) is 39.0 Å². The first-order valence-corrected chi connectivity index (χ1v) is 11.0. The lowest BCUT2D eigenvalue weighted by molar-refractivity contribution is 0.119. The van der Waals surface area contributed by atoms with Crippen LogP contribution in [0.5, 0.6) is 0 Å². The molecule has 1 aliphatic rings. The SMILES string of the molecule is Cc1cn2nc(-c3cc(F)c4nc(C5(C)CCN(C(=O)O)CC5)sc4c3)cc(C)c2n1. The molecule has 1 aliphatic heterocycles. The number of likely N-dealkylation sites (tertiary alicyclic amines) is 1. The average Bonchev–Trinajstić information content (AvgIpc) is 3.32. The predicted molar refractivity (Wildman–Crippen MR) is 117 cm³/mol. The molecular weight excluding hydrogens is 417 g/mol. The van der Waals surface area contributed by atoms with E-state index < -0.39 is 6.09 Å². The number of thiazole rings is 1. The monoisotopic (exact) mass is 439 g/mol. The molecule has 1 N–H and O–H groups in total. The molecule has 7 nitrogen and oxygen atoms in total. The number of piperidine rings is 1. The first-order valence-electron chi connectivity index (χ1n) is 10.2. The standard InChI is InChI=1S/C22H22FN5O2S/c1-12-8-16(26-28-11-13(2)24-19(12)28)14-9-15(23)18-17(10-14)31-20(25-18)22(3)4-6-27(7-5-22)21(29)30/h8-11H,4-7H2,1-3H3,(H,29,30). The van der Waals surface area contributed by atoms with Gasteiger partial charge in [-0.1, -0.05) is 6.92 Å². The molecule has 0 saturated carbocycles. The van der Waals surface area contributed by atoms with Crippen molar-refractivity contribution in [3.8, 4) is 11.3 Å². The van der Waals surface area contributed by atoms with E-state index in [1.165, 1.54) is 22.3 Å². The Bertz CT molecular complexity index is 1340. The summed E-state index contributed by atoms with van der Waals surface area (Å²) < 4.78 is 17.5. The number of halogens is 1. The molecule has 3 aromatic heterocycles. The molecule has 1 aromatic carbocycles. The Balaban J connectivity index is 1.54. The van der Waals surface area contributed by atoms with Gasteiger partial charge in [-0.05, 0) is 50.5 Å². The number of amides is 1. The van der Waals surface area contributed by atoms with Crippen molar-refractivity contribution in [1.29, 1.82) is 0 Å². The van der Waals surface area contributed by atoms with Crippen LogP contribution in [-0.4, -0.2) is 48.8 Å². The molecule has 0 radical (unpaired) electrons. The number of hydrogen-bond acceptors (Lipinski definition) is 5. The maximum Gasteiger partial charge on any atom is 0.407 e. The van der Waals surface area contributed by atoms with Crippen LogP contribution in [0.3, 0.4) is 0 Å². The van der Waals surface area contributed by atoms with Crippen LogP contribution in [0, 0.1) is 19.7 Å². The molecule has 160 valence electrons. The fraction of sp³-hybridized carbons (Fsp3) is 0.364. The van der Waals surface area contributed by atoms with Crippen molar-refractivity contribution in [3.63, 3.8) is 0 Å². The minimum absolute atomic E-state index is 0.260.